The molecule has 0 unspecified atom stereocenters. The molecule has 0 saturated heterocycles. The van der Waals surface area contributed by atoms with Gasteiger partial charge in [-0.05, 0) is 58.0 Å². The quantitative estimate of drug-likeness (QED) is 0.565. The second kappa shape index (κ2) is 8.71. The predicted molar refractivity (Wildman–Crippen MR) is 102 cm³/mol. The van der Waals surface area contributed by atoms with Crippen LogP contribution in [0.2, 0.25) is 0 Å². The maximum atomic E-state index is 12.3. The summed E-state index contributed by atoms with van der Waals surface area (Å²) in [6, 6.07) is 12.0. The fourth-order valence-electron chi connectivity index (χ4n) is 2.24. The minimum absolute atomic E-state index is 0.168. The van der Waals surface area contributed by atoms with Crippen molar-refractivity contribution in [3.63, 3.8) is 0 Å². The number of nitrogens with one attached hydrogen (secondary N) is 1. The molecule has 0 bridgehead atoms. The highest BCUT2D eigenvalue weighted by Crippen LogP contribution is 2.28. The maximum absolute atomic E-state index is 12.3. The van der Waals surface area contributed by atoms with Gasteiger partial charge in [0, 0.05) is 5.56 Å². The summed E-state index contributed by atoms with van der Waals surface area (Å²) in [5, 5.41) is 4.02. The highest BCUT2D eigenvalue weighted by molar-refractivity contribution is 7.89. The van der Waals surface area contributed by atoms with Crippen LogP contribution in [0, 0.1) is 6.92 Å². The number of hydrogen-bond acceptors (Lipinski definition) is 5. The van der Waals surface area contributed by atoms with Gasteiger partial charge in [0.05, 0.1) is 23.8 Å². The first kappa shape index (κ1) is 19.8. The smallest absolute Gasteiger partial charge is 0.276 e. The van der Waals surface area contributed by atoms with E-state index in [-0.39, 0.29) is 4.90 Å². The van der Waals surface area contributed by atoms with E-state index >= 15 is 0 Å². The van der Waals surface area contributed by atoms with Crippen LogP contribution in [0.1, 0.15) is 31.9 Å². The van der Waals surface area contributed by atoms with Gasteiger partial charge in [-0.15, -0.1) is 0 Å². The van der Waals surface area contributed by atoms with Gasteiger partial charge in [-0.1, -0.05) is 17.7 Å². The number of rotatable bonds is 8. The molecule has 0 radical (unpaired) electrons. The van der Waals surface area contributed by atoms with Crippen molar-refractivity contribution in [3.8, 4) is 11.5 Å². The topological polar surface area (TPSA) is 77.0 Å². The zero-order valence-corrected chi connectivity index (χ0v) is 16.3. The Hall–Kier alpha value is -2.54. The van der Waals surface area contributed by atoms with E-state index in [1.807, 2.05) is 26.8 Å². The Morgan fingerprint density at radius 2 is 1.62 bits per heavy atom. The number of nitrogens with zero attached hydrogens (tertiary/aromatic N) is 1. The second-order valence-corrected chi connectivity index (χ2v) is 7.29. The molecule has 0 spiro atoms. The van der Waals surface area contributed by atoms with Crippen molar-refractivity contribution in [2.45, 2.75) is 32.6 Å². The molecular weight excluding hydrogens is 352 g/mol. The zero-order valence-electron chi connectivity index (χ0n) is 15.4. The Balaban J connectivity index is 2.23. The van der Waals surface area contributed by atoms with Crippen LogP contribution in [-0.4, -0.2) is 27.3 Å². The van der Waals surface area contributed by atoms with Gasteiger partial charge in [-0.3, -0.25) is 0 Å². The number of aryl methyl sites for hydroxylation is 1. The fourth-order valence-corrected chi connectivity index (χ4v) is 3.10. The van der Waals surface area contributed by atoms with Crippen molar-refractivity contribution in [2.24, 2.45) is 5.10 Å². The van der Waals surface area contributed by atoms with E-state index in [2.05, 4.69) is 9.93 Å². The summed E-state index contributed by atoms with van der Waals surface area (Å²) in [5.41, 5.74) is 2.25. The summed E-state index contributed by atoms with van der Waals surface area (Å²) in [6.07, 6.45) is 0. The number of benzene rings is 2. The summed E-state index contributed by atoms with van der Waals surface area (Å²) in [7, 11) is -3.71. The Bertz CT molecular complexity index is 875. The Labute approximate surface area is 154 Å². The fraction of sp³-hybridized carbons (Fsp3) is 0.316. The summed E-state index contributed by atoms with van der Waals surface area (Å²) in [6.45, 7) is 8.44. The van der Waals surface area contributed by atoms with E-state index in [0.29, 0.717) is 30.4 Å². The van der Waals surface area contributed by atoms with Crippen LogP contribution < -0.4 is 14.3 Å². The van der Waals surface area contributed by atoms with Crippen LogP contribution in [0.15, 0.2) is 52.5 Å². The van der Waals surface area contributed by atoms with E-state index in [1.165, 1.54) is 0 Å². The Kier molecular flexibility index (Phi) is 6.63. The van der Waals surface area contributed by atoms with Crippen LogP contribution in [-0.2, 0) is 10.0 Å². The molecule has 2 rings (SSSR count). The molecule has 0 fully saturated rings. The Morgan fingerprint density at radius 1 is 1.00 bits per heavy atom. The lowest BCUT2D eigenvalue weighted by Crippen LogP contribution is -2.20. The number of sulfonamides is 1. The van der Waals surface area contributed by atoms with Crippen molar-refractivity contribution >= 4 is 15.7 Å². The lowest BCUT2D eigenvalue weighted by molar-refractivity contribution is 0.287. The summed E-state index contributed by atoms with van der Waals surface area (Å²) < 4.78 is 35.8. The molecule has 0 aliphatic rings. The first-order valence-corrected chi connectivity index (χ1v) is 9.88. The zero-order chi connectivity index (χ0) is 19.2. The van der Waals surface area contributed by atoms with E-state index in [4.69, 9.17) is 9.47 Å². The number of hydrazone groups is 1. The van der Waals surface area contributed by atoms with Crippen LogP contribution in [0.5, 0.6) is 11.5 Å². The largest absolute Gasteiger partial charge is 0.490 e. The summed E-state index contributed by atoms with van der Waals surface area (Å²) in [4.78, 5) is 2.44. The van der Waals surface area contributed by atoms with Gasteiger partial charge < -0.3 is 9.47 Å². The molecule has 0 atom stereocenters. The maximum Gasteiger partial charge on any atom is 0.276 e. The molecule has 2 aromatic carbocycles. The molecule has 6 nitrogen and oxygen atoms in total. The molecule has 0 amide bonds. The first-order chi connectivity index (χ1) is 12.4. The SMILES string of the molecule is CCOc1ccc(/C(C)=N\NS(=O)(=O)c2ccc(C)cc2)cc1OCC. The standard InChI is InChI=1S/C19H24N2O4S/c1-5-24-18-12-9-16(13-19(18)25-6-2)15(4)20-21-26(22,23)17-10-7-14(3)8-11-17/h7-13,21H,5-6H2,1-4H3/b20-15-. The van der Waals surface area contributed by atoms with Crippen molar-refractivity contribution < 1.29 is 17.9 Å². The van der Waals surface area contributed by atoms with E-state index in [0.717, 1.165) is 11.1 Å². The molecular formula is C19H24N2O4S. The van der Waals surface area contributed by atoms with E-state index in [9.17, 15) is 8.42 Å². The van der Waals surface area contributed by atoms with Crippen molar-refractivity contribution in [2.75, 3.05) is 13.2 Å². The lowest BCUT2D eigenvalue weighted by atomic mass is 10.1. The number of ether oxygens (including phenoxy) is 2. The van der Waals surface area contributed by atoms with Gasteiger partial charge in [0.2, 0.25) is 0 Å². The first-order valence-electron chi connectivity index (χ1n) is 8.40. The van der Waals surface area contributed by atoms with Crippen LogP contribution in [0.4, 0.5) is 0 Å². The van der Waals surface area contributed by atoms with Gasteiger partial charge in [0.15, 0.2) is 11.5 Å². The Morgan fingerprint density at radius 3 is 2.23 bits per heavy atom. The third-order valence-electron chi connectivity index (χ3n) is 3.63. The van der Waals surface area contributed by atoms with Gasteiger partial charge >= 0.3 is 0 Å². The third kappa shape index (κ3) is 4.98. The molecule has 1 N–H and O–H groups in total. The van der Waals surface area contributed by atoms with E-state index < -0.39 is 10.0 Å². The third-order valence-corrected chi connectivity index (χ3v) is 4.85. The van der Waals surface area contributed by atoms with Crippen molar-refractivity contribution in [3.05, 3.63) is 53.6 Å². The number of hydrogen-bond donors (Lipinski definition) is 1. The molecule has 0 aliphatic carbocycles. The lowest BCUT2D eigenvalue weighted by Gasteiger charge is -2.12. The molecule has 140 valence electrons. The highest BCUT2D eigenvalue weighted by Gasteiger charge is 2.13. The van der Waals surface area contributed by atoms with Crippen molar-refractivity contribution in [1.82, 2.24) is 4.83 Å². The van der Waals surface area contributed by atoms with Crippen LogP contribution in [0.3, 0.4) is 0 Å². The monoisotopic (exact) mass is 376 g/mol. The average molecular weight is 376 g/mol. The molecule has 0 aliphatic heterocycles. The second-order valence-electron chi connectivity index (χ2n) is 5.63. The normalized spacial score (nSPS) is 11.9. The van der Waals surface area contributed by atoms with E-state index in [1.54, 1.807) is 43.3 Å². The highest BCUT2D eigenvalue weighted by atomic mass is 32.2. The van der Waals surface area contributed by atoms with Gasteiger partial charge in [-0.25, -0.2) is 0 Å². The van der Waals surface area contributed by atoms with Crippen LogP contribution in [0.25, 0.3) is 0 Å². The molecule has 0 saturated carbocycles. The minimum Gasteiger partial charge on any atom is -0.490 e. The summed E-state index contributed by atoms with van der Waals surface area (Å²) >= 11 is 0. The molecule has 0 aromatic heterocycles. The molecule has 7 heteroatoms. The minimum atomic E-state index is -3.71. The predicted octanol–water partition coefficient (Wildman–Crippen LogP) is 3.49. The molecule has 26 heavy (non-hydrogen) atoms. The van der Waals surface area contributed by atoms with Gasteiger partial charge in [0.1, 0.15) is 0 Å². The van der Waals surface area contributed by atoms with Gasteiger partial charge in [-0.2, -0.15) is 18.4 Å². The van der Waals surface area contributed by atoms with Gasteiger partial charge in [0.25, 0.3) is 10.0 Å². The van der Waals surface area contributed by atoms with Crippen molar-refractivity contribution in [1.29, 1.82) is 0 Å². The van der Waals surface area contributed by atoms with Crippen LogP contribution >= 0.6 is 0 Å². The summed E-state index contributed by atoms with van der Waals surface area (Å²) in [5.74, 6) is 1.24. The average Bonchev–Trinajstić information content (AvgIpc) is 2.62. The molecule has 0 heterocycles. The molecule has 2 aromatic rings.